The molecule has 14 heavy (non-hydrogen) atoms. The highest BCUT2D eigenvalue weighted by Gasteiger charge is 2.04. The molecule has 1 unspecified atom stereocenters. The molecule has 1 aromatic rings. The molecule has 0 bridgehead atoms. The number of hydrogen-bond acceptors (Lipinski definition) is 1. The summed E-state index contributed by atoms with van der Waals surface area (Å²) in [5.41, 5.74) is 1.01. The molecule has 0 amide bonds. The number of hydrogen-bond donors (Lipinski definition) is 1. The topological polar surface area (TPSA) is 25.8 Å². The Labute approximate surface area is 84.1 Å². The van der Waals surface area contributed by atoms with Crippen molar-refractivity contribution in [3.8, 4) is 0 Å². The molecule has 0 saturated heterocycles. The van der Waals surface area contributed by atoms with Crippen LogP contribution in [0.15, 0.2) is 24.3 Å². The van der Waals surface area contributed by atoms with Crippen LogP contribution in [0, 0.1) is 5.82 Å². The normalized spacial score (nSPS) is 12.8. The lowest BCUT2D eigenvalue weighted by Gasteiger charge is -2.09. The molecule has 2 nitrogen and oxygen atoms in total. The van der Waals surface area contributed by atoms with Crippen molar-refractivity contribution in [1.82, 2.24) is 0 Å². The van der Waals surface area contributed by atoms with Crippen LogP contribution in [-0.4, -0.2) is 19.8 Å². The van der Waals surface area contributed by atoms with E-state index < -0.39 is 0 Å². The maximum Gasteiger partial charge on any atom is 0.123 e. The molecule has 0 fully saturated rings. The van der Waals surface area contributed by atoms with Crippen LogP contribution in [0.1, 0.15) is 12.5 Å². The van der Waals surface area contributed by atoms with E-state index >= 15 is 0 Å². The maximum atomic E-state index is 12.8. The van der Waals surface area contributed by atoms with Gasteiger partial charge in [-0.25, -0.2) is 4.39 Å². The molecule has 78 valence electrons. The van der Waals surface area contributed by atoms with Crippen LogP contribution in [-0.2, 0) is 11.3 Å². The summed E-state index contributed by atoms with van der Waals surface area (Å²) in [7, 11) is 1.69. The van der Waals surface area contributed by atoms with Crippen molar-refractivity contribution in [2.45, 2.75) is 19.5 Å². The highest BCUT2D eigenvalue weighted by atomic mass is 19.1. The molecular weight excluding hydrogens is 181 g/mol. The zero-order chi connectivity index (χ0) is 10.4. The fourth-order valence-electron chi connectivity index (χ4n) is 1.33. The highest BCUT2D eigenvalue weighted by Crippen LogP contribution is 2.01. The van der Waals surface area contributed by atoms with E-state index in [-0.39, 0.29) is 5.82 Å². The third-order valence-electron chi connectivity index (χ3n) is 2.07. The number of methoxy groups -OCH3 is 1. The van der Waals surface area contributed by atoms with E-state index in [1.807, 2.05) is 6.07 Å². The van der Waals surface area contributed by atoms with E-state index in [4.69, 9.17) is 4.74 Å². The first-order valence-corrected chi connectivity index (χ1v) is 4.79. The van der Waals surface area contributed by atoms with Gasteiger partial charge in [-0.1, -0.05) is 12.1 Å². The monoisotopic (exact) mass is 198 g/mol. The van der Waals surface area contributed by atoms with Crippen molar-refractivity contribution < 1.29 is 14.4 Å². The van der Waals surface area contributed by atoms with Crippen LogP contribution in [0.4, 0.5) is 4.39 Å². The first-order chi connectivity index (χ1) is 6.72. The Morgan fingerprint density at radius 2 is 2.29 bits per heavy atom. The van der Waals surface area contributed by atoms with Gasteiger partial charge in [0.15, 0.2) is 0 Å². The Morgan fingerprint density at radius 1 is 1.50 bits per heavy atom. The number of ether oxygens (including phenoxy) is 1. The summed E-state index contributed by atoms with van der Waals surface area (Å²) in [6.45, 7) is 3.60. The third kappa shape index (κ3) is 3.85. The van der Waals surface area contributed by atoms with Crippen LogP contribution in [0.5, 0.6) is 0 Å². The van der Waals surface area contributed by atoms with Crippen molar-refractivity contribution in [3.05, 3.63) is 35.6 Å². The molecule has 0 aromatic heterocycles. The van der Waals surface area contributed by atoms with E-state index in [9.17, 15) is 4.39 Å². The molecule has 0 spiro atoms. The van der Waals surface area contributed by atoms with Gasteiger partial charge in [0.05, 0.1) is 6.61 Å². The van der Waals surface area contributed by atoms with E-state index in [2.05, 4.69) is 12.2 Å². The number of rotatable bonds is 5. The molecule has 0 aliphatic carbocycles. The highest BCUT2D eigenvalue weighted by molar-refractivity contribution is 5.14. The van der Waals surface area contributed by atoms with Gasteiger partial charge in [0, 0.05) is 12.7 Å². The second kappa shape index (κ2) is 5.73. The van der Waals surface area contributed by atoms with Crippen molar-refractivity contribution in [1.29, 1.82) is 0 Å². The Kier molecular flexibility index (Phi) is 4.56. The third-order valence-corrected chi connectivity index (χ3v) is 2.07. The lowest BCUT2D eigenvalue weighted by molar-refractivity contribution is -0.702. The SMILES string of the molecule is COCC(C)[NH2+]Cc1cccc(F)c1. The van der Waals surface area contributed by atoms with Crippen molar-refractivity contribution in [2.24, 2.45) is 0 Å². The lowest BCUT2D eigenvalue weighted by Crippen LogP contribution is -2.88. The Morgan fingerprint density at radius 3 is 2.93 bits per heavy atom. The zero-order valence-electron chi connectivity index (χ0n) is 8.66. The minimum Gasteiger partial charge on any atom is -0.379 e. The molecule has 0 saturated carbocycles. The molecule has 2 N–H and O–H groups in total. The minimum atomic E-state index is -0.171. The summed E-state index contributed by atoms with van der Waals surface area (Å²) in [5, 5.41) is 2.14. The molecule has 1 atom stereocenters. The van der Waals surface area contributed by atoms with Crippen molar-refractivity contribution in [2.75, 3.05) is 13.7 Å². The standard InChI is InChI=1S/C11H16FNO/c1-9(8-14-2)13-7-10-4-3-5-11(12)6-10/h3-6,9,13H,7-8H2,1-2H3/p+1. The Balaban J connectivity index is 2.37. The number of quaternary nitrogens is 1. The molecular formula is C11H17FNO+. The van der Waals surface area contributed by atoms with E-state index in [1.54, 1.807) is 19.2 Å². The van der Waals surface area contributed by atoms with Crippen LogP contribution in [0.3, 0.4) is 0 Å². The quantitative estimate of drug-likeness (QED) is 0.748. The zero-order valence-corrected chi connectivity index (χ0v) is 8.66. The Bertz CT molecular complexity index is 278. The second-order valence-corrected chi connectivity index (χ2v) is 3.50. The molecule has 1 rings (SSSR count). The van der Waals surface area contributed by atoms with Crippen LogP contribution < -0.4 is 5.32 Å². The van der Waals surface area contributed by atoms with Gasteiger partial charge in [-0.05, 0) is 19.1 Å². The van der Waals surface area contributed by atoms with Gasteiger partial charge in [0.1, 0.15) is 18.4 Å². The fourth-order valence-corrected chi connectivity index (χ4v) is 1.33. The largest absolute Gasteiger partial charge is 0.379 e. The summed E-state index contributed by atoms with van der Waals surface area (Å²) < 4.78 is 17.8. The van der Waals surface area contributed by atoms with Crippen molar-refractivity contribution >= 4 is 0 Å². The van der Waals surface area contributed by atoms with Gasteiger partial charge < -0.3 is 10.1 Å². The van der Waals surface area contributed by atoms with E-state index in [0.29, 0.717) is 6.04 Å². The smallest absolute Gasteiger partial charge is 0.123 e. The molecule has 0 radical (unpaired) electrons. The van der Waals surface area contributed by atoms with Gasteiger partial charge in [-0.15, -0.1) is 0 Å². The lowest BCUT2D eigenvalue weighted by atomic mass is 10.2. The average molecular weight is 198 g/mol. The summed E-state index contributed by atoms with van der Waals surface area (Å²) in [6, 6.07) is 7.10. The number of nitrogens with two attached hydrogens (primary N) is 1. The number of halogens is 1. The first kappa shape index (κ1) is 11.1. The van der Waals surface area contributed by atoms with Crippen LogP contribution >= 0.6 is 0 Å². The predicted molar refractivity (Wildman–Crippen MR) is 53.4 cm³/mol. The van der Waals surface area contributed by atoms with Gasteiger partial charge in [0.2, 0.25) is 0 Å². The second-order valence-electron chi connectivity index (χ2n) is 3.50. The molecule has 0 aliphatic heterocycles. The average Bonchev–Trinajstić information content (AvgIpc) is 2.15. The summed E-state index contributed by atoms with van der Waals surface area (Å²) >= 11 is 0. The first-order valence-electron chi connectivity index (χ1n) is 4.79. The molecule has 0 aliphatic rings. The minimum absolute atomic E-state index is 0.171. The maximum absolute atomic E-state index is 12.8. The number of benzene rings is 1. The molecule has 3 heteroatoms. The van der Waals surface area contributed by atoms with Crippen molar-refractivity contribution in [3.63, 3.8) is 0 Å². The fraction of sp³-hybridized carbons (Fsp3) is 0.455. The molecule has 0 heterocycles. The van der Waals surface area contributed by atoms with Gasteiger partial charge in [-0.3, -0.25) is 0 Å². The van der Waals surface area contributed by atoms with Crippen LogP contribution in [0.25, 0.3) is 0 Å². The van der Waals surface area contributed by atoms with Gasteiger partial charge >= 0.3 is 0 Å². The molecule has 1 aromatic carbocycles. The Hall–Kier alpha value is -0.930. The predicted octanol–water partition coefficient (Wildman–Crippen LogP) is 0.924. The van der Waals surface area contributed by atoms with Gasteiger partial charge in [0.25, 0.3) is 0 Å². The summed E-state index contributed by atoms with van der Waals surface area (Å²) in [4.78, 5) is 0. The summed E-state index contributed by atoms with van der Waals surface area (Å²) in [6.07, 6.45) is 0. The van der Waals surface area contributed by atoms with E-state index in [0.717, 1.165) is 18.7 Å². The summed E-state index contributed by atoms with van der Waals surface area (Å²) in [5.74, 6) is -0.171. The van der Waals surface area contributed by atoms with Gasteiger partial charge in [-0.2, -0.15) is 0 Å². The van der Waals surface area contributed by atoms with Crippen LogP contribution in [0.2, 0.25) is 0 Å². The van der Waals surface area contributed by atoms with E-state index in [1.165, 1.54) is 6.07 Å².